The van der Waals surface area contributed by atoms with Crippen LogP contribution in [0.3, 0.4) is 0 Å². The molecule has 0 saturated carbocycles. The Labute approximate surface area is 136 Å². The van der Waals surface area contributed by atoms with Crippen LogP contribution in [0.25, 0.3) is 0 Å². The van der Waals surface area contributed by atoms with E-state index in [4.69, 9.17) is 17.3 Å². The highest BCUT2D eigenvalue weighted by atomic mass is 79.9. The fraction of sp³-hybridized carbons (Fsp3) is 0.429. The average Bonchev–Trinajstić information content (AvgIpc) is 2.47. The Hall–Kier alpha value is -1.11. The zero-order valence-corrected chi connectivity index (χ0v) is 13.8. The van der Waals surface area contributed by atoms with Crippen molar-refractivity contribution in [2.24, 2.45) is 5.73 Å². The number of halogens is 2. The van der Waals surface area contributed by atoms with Gasteiger partial charge in [-0.1, -0.05) is 11.6 Å². The Balaban J connectivity index is 2.23. The summed E-state index contributed by atoms with van der Waals surface area (Å²) in [5.74, 6) is -0.722. The number of rotatable bonds is 4. The summed E-state index contributed by atoms with van der Waals surface area (Å²) in [6.07, 6.45) is 1.62. The van der Waals surface area contributed by atoms with E-state index in [1.165, 1.54) is 0 Å². The number of amides is 2. The van der Waals surface area contributed by atoms with Gasteiger partial charge in [0, 0.05) is 16.1 Å². The molecule has 1 aliphatic heterocycles. The fourth-order valence-corrected chi connectivity index (χ4v) is 2.88. The first-order valence-corrected chi connectivity index (χ1v) is 7.91. The summed E-state index contributed by atoms with van der Waals surface area (Å²) in [5.41, 5.74) is 5.75. The summed E-state index contributed by atoms with van der Waals surface area (Å²) in [6.45, 7) is 1.58. The first-order chi connectivity index (χ1) is 9.99. The lowest BCUT2D eigenvalue weighted by Gasteiger charge is -2.34. The third-order valence-corrected chi connectivity index (χ3v) is 4.74. The molecule has 1 aromatic carbocycles. The van der Waals surface area contributed by atoms with Crippen molar-refractivity contribution in [3.05, 3.63) is 33.3 Å². The van der Waals surface area contributed by atoms with Crippen molar-refractivity contribution in [2.45, 2.75) is 18.9 Å². The predicted octanol–water partition coefficient (Wildman–Crippen LogP) is 1.78. The maximum Gasteiger partial charge on any atom is 0.254 e. The van der Waals surface area contributed by atoms with Crippen molar-refractivity contribution in [3.63, 3.8) is 0 Å². The molecule has 1 aromatic rings. The molecule has 7 heteroatoms. The second-order valence-corrected chi connectivity index (χ2v) is 6.27. The molecule has 114 valence electrons. The van der Waals surface area contributed by atoms with Gasteiger partial charge in [0.15, 0.2) is 0 Å². The second kappa shape index (κ2) is 7.24. The molecule has 0 spiro atoms. The number of carbonyl (C=O) groups excluding carboxylic acids is 2. The van der Waals surface area contributed by atoms with Crippen LogP contribution >= 0.6 is 27.5 Å². The zero-order chi connectivity index (χ0) is 15.4. The Kier molecular flexibility index (Phi) is 5.61. The van der Waals surface area contributed by atoms with Gasteiger partial charge in [-0.25, -0.2) is 0 Å². The van der Waals surface area contributed by atoms with Crippen molar-refractivity contribution in [1.29, 1.82) is 0 Å². The topological polar surface area (TPSA) is 75.4 Å². The maximum absolute atomic E-state index is 12.7. The number of piperidine rings is 1. The van der Waals surface area contributed by atoms with Crippen LogP contribution in [0.1, 0.15) is 23.2 Å². The van der Waals surface area contributed by atoms with Gasteiger partial charge in [0.25, 0.3) is 5.91 Å². The average molecular weight is 375 g/mol. The highest BCUT2D eigenvalue weighted by molar-refractivity contribution is 9.10. The molecular formula is C14H17BrClN3O2. The number of hydrogen-bond acceptors (Lipinski definition) is 3. The first-order valence-electron chi connectivity index (χ1n) is 6.74. The molecular weight excluding hydrogens is 358 g/mol. The van der Waals surface area contributed by atoms with E-state index in [1.807, 2.05) is 0 Å². The molecule has 1 saturated heterocycles. The molecule has 0 bridgehead atoms. The maximum atomic E-state index is 12.7. The Bertz CT molecular complexity index is 547. The van der Waals surface area contributed by atoms with Gasteiger partial charge in [-0.3, -0.25) is 9.59 Å². The van der Waals surface area contributed by atoms with Gasteiger partial charge in [-0.2, -0.15) is 0 Å². The molecule has 3 N–H and O–H groups in total. The van der Waals surface area contributed by atoms with Crippen molar-refractivity contribution in [2.75, 3.05) is 19.6 Å². The summed E-state index contributed by atoms with van der Waals surface area (Å²) < 4.78 is 0.726. The van der Waals surface area contributed by atoms with Crippen LogP contribution in [0.2, 0.25) is 5.02 Å². The minimum absolute atomic E-state index is 0.0219. The highest BCUT2D eigenvalue weighted by Crippen LogP contribution is 2.25. The molecule has 5 nitrogen and oxygen atoms in total. The van der Waals surface area contributed by atoms with E-state index in [0.29, 0.717) is 10.6 Å². The summed E-state index contributed by atoms with van der Waals surface area (Å²) >= 11 is 9.33. The van der Waals surface area contributed by atoms with E-state index < -0.39 is 5.91 Å². The van der Waals surface area contributed by atoms with E-state index >= 15 is 0 Å². The van der Waals surface area contributed by atoms with Gasteiger partial charge in [0.2, 0.25) is 5.91 Å². The number of benzene rings is 1. The lowest BCUT2D eigenvalue weighted by molar-refractivity contribution is -0.119. The second-order valence-electron chi connectivity index (χ2n) is 5.01. The summed E-state index contributed by atoms with van der Waals surface area (Å²) in [4.78, 5) is 25.5. The lowest BCUT2D eigenvalue weighted by Crippen LogP contribution is -2.49. The van der Waals surface area contributed by atoms with Gasteiger partial charge in [0.1, 0.15) is 0 Å². The van der Waals surface area contributed by atoms with Crippen LogP contribution in [0.15, 0.2) is 22.7 Å². The van der Waals surface area contributed by atoms with Crippen LogP contribution in [-0.2, 0) is 4.79 Å². The SMILES string of the molecule is NC(=O)CN(C(=O)c1ccc(Br)c(Cl)c1)C1CCNCC1. The van der Waals surface area contributed by atoms with Gasteiger partial charge in [-0.05, 0) is 60.1 Å². The van der Waals surface area contributed by atoms with Gasteiger partial charge >= 0.3 is 0 Å². The normalized spacial score (nSPS) is 15.7. The Morgan fingerprint density at radius 1 is 1.38 bits per heavy atom. The molecule has 0 atom stereocenters. The van der Waals surface area contributed by atoms with Crippen LogP contribution in [0, 0.1) is 0 Å². The molecule has 0 unspecified atom stereocenters. The minimum atomic E-state index is -0.509. The molecule has 1 heterocycles. The van der Waals surface area contributed by atoms with Crippen LogP contribution in [0.4, 0.5) is 0 Å². The number of nitrogens with two attached hydrogens (primary N) is 1. The molecule has 2 amide bonds. The summed E-state index contributed by atoms with van der Waals surface area (Å²) in [7, 11) is 0. The van der Waals surface area contributed by atoms with Gasteiger partial charge in [-0.15, -0.1) is 0 Å². The number of nitrogens with zero attached hydrogens (tertiary/aromatic N) is 1. The van der Waals surface area contributed by atoms with E-state index in [9.17, 15) is 9.59 Å². The zero-order valence-electron chi connectivity index (χ0n) is 11.4. The lowest BCUT2D eigenvalue weighted by atomic mass is 10.0. The van der Waals surface area contributed by atoms with Crippen LogP contribution in [0.5, 0.6) is 0 Å². The predicted molar refractivity (Wildman–Crippen MR) is 85.3 cm³/mol. The van der Waals surface area contributed by atoms with E-state index in [2.05, 4.69) is 21.2 Å². The smallest absolute Gasteiger partial charge is 0.254 e. The molecule has 2 rings (SSSR count). The Morgan fingerprint density at radius 2 is 2.05 bits per heavy atom. The monoisotopic (exact) mass is 373 g/mol. The largest absolute Gasteiger partial charge is 0.368 e. The first kappa shape index (κ1) is 16.3. The molecule has 21 heavy (non-hydrogen) atoms. The van der Waals surface area contributed by atoms with Crippen molar-refractivity contribution in [1.82, 2.24) is 10.2 Å². The van der Waals surface area contributed by atoms with Gasteiger partial charge < -0.3 is 16.0 Å². The van der Waals surface area contributed by atoms with Crippen molar-refractivity contribution < 1.29 is 9.59 Å². The highest BCUT2D eigenvalue weighted by Gasteiger charge is 2.27. The van der Waals surface area contributed by atoms with E-state index in [1.54, 1.807) is 23.1 Å². The molecule has 0 radical (unpaired) electrons. The molecule has 1 fully saturated rings. The van der Waals surface area contributed by atoms with Crippen molar-refractivity contribution in [3.8, 4) is 0 Å². The number of carbonyl (C=O) groups is 2. The third kappa shape index (κ3) is 4.18. The molecule has 1 aliphatic rings. The standard InChI is InChI=1S/C14H17BrClN3O2/c15-11-2-1-9(7-12(11)16)14(21)19(8-13(17)20)10-3-5-18-6-4-10/h1-2,7,10,18H,3-6,8H2,(H2,17,20). The number of primary amides is 1. The number of nitrogens with one attached hydrogen (secondary N) is 1. The fourth-order valence-electron chi connectivity index (χ4n) is 2.45. The number of hydrogen-bond donors (Lipinski definition) is 2. The molecule has 0 aliphatic carbocycles. The minimum Gasteiger partial charge on any atom is -0.368 e. The Morgan fingerprint density at radius 3 is 2.62 bits per heavy atom. The summed E-state index contributed by atoms with van der Waals surface area (Å²) in [6, 6.07) is 5.03. The van der Waals surface area contributed by atoms with E-state index in [0.717, 1.165) is 30.4 Å². The van der Waals surface area contributed by atoms with Gasteiger partial charge in [0.05, 0.1) is 11.6 Å². The van der Waals surface area contributed by atoms with Crippen LogP contribution < -0.4 is 11.1 Å². The van der Waals surface area contributed by atoms with Crippen LogP contribution in [-0.4, -0.2) is 42.4 Å². The molecule has 0 aromatic heterocycles. The summed E-state index contributed by atoms with van der Waals surface area (Å²) in [5, 5.41) is 3.70. The van der Waals surface area contributed by atoms with Crippen molar-refractivity contribution >= 4 is 39.3 Å². The quantitative estimate of drug-likeness (QED) is 0.843. The van der Waals surface area contributed by atoms with E-state index in [-0.39, 0.29) is 18.5 Å². The third-order valence-electron chi connectivity index (χ3n) is 3.50.